The van der Waals surface area contributed by atoms with Gasteiger partial charge in [-0.1, -0.05) is 20.8 Å². The second-order valence-corrected chi connectivity index (χ2v) is 8.44. The van der Waals surface area contributed by atoms with E-state index in [1.54, 1.807) is 32.9 Å². The van der Waals surface area contributed by atoms with Crippen LogP contribution in [0.25, 0.3) is 0 Å². The van der Waals surface area contributed by atoms with Gasteiger partial charge in [0.15, 0.2) is 12.4 Å². The van der Waals surface area contributed by atoms with Gasteiger partial charge in [0.05, 0.1) is 23.3 Å². The fraction of sp³-hybridized carbons (Fsp3) is 0.333. The number of nitrogens with one attached hydrogen (secondary N) is 1. The van der Waals surface area contributed by atoms with Gasteiger partial charge < -0.3 is 9.15 Å². The van der Waals surface area contributed by atoms with Gasteiger partial charge in [-0.2, -0.15) is 0 Å². The molecule has 0 unspecified atom stereocenters. The molecule has 0 atom stereocenters. The topological polar surface area (TPSA) is 103 Å². The molecule has 0 radical (unpaired) electrons. The molecule has 1 aromatic carbocycles. The highest BCUT2D eigenvalue weighted by Crippen LogP contribution is 2.16. The van der Waals surface area contributed by atoms with E-state index in [2.05, 4.69) is 4.72 Å². The van der Waals surface area contributed by atoms with Gasteiger partial charge in [-0.3, -0.25) is 4.79 Å². The van der Waals surface area contributed by atoms with E-state index in [1.165, 1.54) is 30.5 Å². The summed E-state index contributed by atoms with van der Waals surface area (Å²) in [6.07, 6.45) is 1.45. The van der Waals surface area contributed by atoms with Gasteiger partial charge in [-0.25, -0.2) is 17.9 Å². The molecule has 0 bridgehead atoms. The van der Waals surface area contributed by atoms with Crippen LogP contribution >= 0.6 is 0 Å². The Morgan fingerprint density at radius 3 is 2.31 bits per heavy atom. The lowest BCUT2D eigenvalue weighted by atomic mass is 9.91. The zero-order valence-corrected chi connectivity index (χ0v) is 15.6. The zero-order chi connectivity index (χ0) is 19.4. The van der Waals surface area contributed by atoms with Crippen LogP contribution in [0.2, 0.25) is 0 Å². The summed E-state index contributed by atoms with van der Waals surface area (Å²) in [5, 5.41) is 0. The minimum Gasteiger partial charge on any atom is -0.468 e. The summed E-state index contributed by atoms with van der Waals surface area (Å²) in [6, 6.07) is 8.59. The number of rotatable bonds is 7. The molecule has 8 heteroatoms. The Kier molecular flexibility index (Phi) is 5.99. The van der Waals surface area contributed by atoms with Gasteiger partial charge in [-0.15, -0.1) is 0 Å². The monoisotopic (exact) mass is 379 g/mol. The van der Waals surface area contributed by atoms with Gasteiger partial charge in [0, 0.05) is 5.41 Å². The molecule has 2 aromatic rings. The fourth-order valence-corrected chi connectivity index (χ4v) is 2.86. The number of carbonyl (C=O) groups is 2. The molecule has 1 N–H and O–H groups in total. The number of furan rings is 1. The average molecular weight is 379 g/mol. The second kappa shape index (κ2) is 7.84. The third-order valence-corrected chi connectivity index (χ3v) is 5.00. The summed E-state index contributed by atoms with van der Waals surface area (Å²) < 4.78 is 36.9. The number of ketones is 1. The number of hydrogen-bond donors (Lipinski definition) is 1. The maximum Gasteiger partial charge on any atom is 0.338 e. The van der Waals surface area contributed by atoms with Crippen molar-refractivity contribution in [3.63, 3.8) is 0 Å². The first-order chi connectivity index (χ1) is 12.1. The van der Waals surface area contributed by atoms with Crippen LogP contribution in [0.5, 0.6) is 0 Å². The molecule has 0 aliphatic heterocycles. The molecule has 0 saturated carbocycles. The zero-order valence-electron chi connectivity index (χ0n) is 14.8. The number of sulfonamides is 1. The molecular weight excluding hydrogens is 358 g/mol. The van der Waals surface area contributed by atoms with Crippen molar-refractivity contribution in [1.29, 1.82) is 0 Å². The van der Waals surface area contributed by atoms with Gasteiger partial charge in [-0.05, 0) is 36.4 Å². The molecule has 2 rings (SSSR count). The molecule has 7 nitrogen and oxygen atoms in total. The van der Waals surface area contributed by atoms with E-state index in [9.17, 15) is 18.0 Å². The van der Waals surface area contributed by atoms with Gasteiger partial charge in [0.2, 0.25) is 10.0 Å². The van der Waals surface area contributed by atoms with E-state index >= 15 is 0 Å². The molecule has 0 spiro atoms. The van der Waals surface area contributed by atoms with E-state index in [4.69, 9.17) is 9.15 Å². The van der Waals surface area contributed by atoms with E-state index in [0.717, 1.165) is 0 Å². The predicted octanol–water partition coefficient (Wildman–Crippen LogP) is 2.53. The van der Waals surface area contributed by atoms with Gasteiger partial charge in [0.25, 0.3) is 0 Å². The number of carbonyl (C=O) groups excluding carboxylic acids is 2. The summed E-state index contributed by atoms with van der Waals surface area (Å²) in [6.45, 7) is 4.90. The van der Waals surface area contributed by atoms with Crippen molar-refractivity contribution in [2.24, 2.45) is 5.41 Å². The van der Waals surface area contributed by atoms with Gasteiger partial charge >= 0.3 is 5.97 Å². The minimum atomic E-state index is -3.74. The Hall–Kier alpha value is -2.45. The number of benzene rings is 1. The first-order valence-electron chi connectivity index (χ1n) is 7.92. The highest BCUT2D eigenvalue weighted by atomic mass is 32.2. The molecule has 0 saturated heterocycles. The summed E-state index contributed by atoms with van der Waals surface area (Å²) in [5.74, 6) is -0.403. The molecular formula is C18H21NO6S. The van der Waals surface area contributed by atoms with Crippen LogP contribution in [0.15, 0.2) is 52.0 Å². The summed E-state index contributed by atoms with van der Waals surface area (Å²) in [7, 11) is -3.74. The Labute approximate surface area is 152 Å². The number of ether oxygens (including phenoxy) is 1. The van der Waals surface area contributed by atoms with Crippen LogP contribution in [-0.4, -0.2) is 26.8 Å². The van der Waals surface area contributed by atoms with Crippen LogP contribution in [0.1, 0.15) is 36.9 Å². The minimum absolute atomic E-state index is 0.00590. The van der Waals surface area contributed by atoms with Crippen molar-refractivity contribution in [2.75, 3.05) is 6.61 Å². The standard InChI is InChI=1S/C18H21NO6S/c1-18(2,3)16(20)12-25-17(21)13-6-8-15(9-7-13)26(22,23)19-11-14-5-4-10-24-14/h4-10,19H,11-12H2,1-3H3. The van der Waals surface area contributed by atoms with E-state index in [-0.39, 0.29) is 29.4 Å². The lowest BCUT2D eigenvalue weighted by Crippen LogP contribution is -2.26. The Morgan fingerprint density at radius 1 is 1.12 bits per heavy atom. The van der Waals surface area contributed by atoms with Crippen LogP contribution in [0.4, 0.5) is 0 Å². The first-order valence-corrected chi connectivity index (χ1v) is 9.40. The summed E-state index contributed by atoms with van der Waals surface area (Å²) >= 11 is 0. The maximum atomic E-state index is 12.2. The highest BCUT2D eigenvalue weighted by Gasteiger charge is 2.23. The van der Waals surface area contributed by atoms with Crippen LogP contribution < -0.4 is 4.72 Å². The summed E-state index contributed by atoms with van der Waals surface area (Å²) in [4.78, 5) is 23.8. The van der Waals surface area contributed by atoms with Crippen molar-refractivity contribution in [3.05, 3.63) is 54.0 Å². The number of hydrogen-bond acceptors (Lipinski definition) is 6. The Bertz CT molecular complexity index is 861. The van der Waals surface area contributed by atoms with Crippen molar-refractivity contribution in [2.45, 2.75) is 32.2 Å². The van der Waals surface area contributed by atoms with Gasteiger partial charge in [0.1, 0.15) is 5.76 Å². The average Bonchev–Trinajstić information content (AvgIpc) is 3.10. The van der Waals surface area contributed by atoms with Crippen molar-refractivity contribution in [1.82, 2.24) is 4.72 Å². The highest BCUT2D eigenvalue weighted by molar-refractivity contribution is 7.89. The maximum absolute atomic E-state index is 12.2. The molecule has 0 aliphatic carbocycles. The largest absolute Gasteiger partial charge is 0.468 e. The fourth-order valence-electron chi connectivity index (χ4n) is 1.86. The quantitative estimate of drug-likeness (QED) is 0.742. The number of esters is 1. The van der Waals surface area contributed by atoms with Crippen LogP contribution in [0, 0.1) is 5.41 Å². The third kappa shape index (κ3) is 5.27. The lowest BCUT2D eigenvalue weighted by Gasteiger charge is -2.16. The SMILES string of the molecule is CC(C)(C)C(=O)COC(=O)c1ccc(S(=O)(=O)NCc2ccco2)cc1. The predicted molar refractivity (Wildman–Crippen MR) is 93.9 cm³/mol. The Morgan fingerprint density at radius 2 is 1.77 bits per heavy atom. The van der Waals surface area contributed by atoms with E-state index in [1.807, 2.05) is 0 Å². The molecule has 1 heterocycles. The van der Waals surface area contributed by atoms with Crippen molar-refractivity contribution in [3.8, 4) is 0 Å². The normalized spacial score (nSPS) is 12.0. The lowest BCUT2D eigenvalue weighted by molar-refractivity contribution is -0.129. The van der Waals surface area contributed by atoms with Crippen LogP contribution in [-0.2, 0) is 26.1 Å². The molecule has 26 heavy (non-hydrogen) atoms. The van der Waals surface area contributed by atoms with Crippen LogP contribution in [0.3, 0.4) is 0 Å². The molecule has 0 fully saturated rings. The van der Waals surface area contributed by atoms with E-state index < -0.39 is 21.4 Å². The second-order valence-electron chi connectivity index (χ2n) is 6.68. The molecule has 0 amide bonds. The van der Waals surface area contributed by atoms with Crippen molar-refractivity contribution >= 4 is 21.8 Å². The first kappa shape index (κ1) is 19.9. The smallest absolute Gasteiger partial charge is 0.338 e. The number of Topliss-reactive ketones (excluding diaryl/α,β-unsaturated/α-hetero) is 1. The summed E-state index contributed by atoms with van der Waals surface area (Å²) in [5.41, 5.74) is -0.436. The third-order valence-electron chi connectivity index (χ3n) is 3.59. The molecule has 140 valence electrons. The molecule has 0 aliphatic rings. The molecule has 1 aromatic heterocycles. The van der Waals surface area contributed by atoms with E-state index in [0.29, 0.717) is 5.76 Å². The van der Waals surface area contributed by atoms with Crippen molar-refractivity contribution < 1.29 is 27.2 Å². The Balaban J connectivity index is 1.98.